The van der Waals surface area contributed by atoms with Crippen LogP contribution in [0.5, 0.6) is 11.5 Å². The molecule has 0 aliphatic heterocycles. The summed E-state index contributed by atoms with van der Waals surface area (Å²) in [6, 6.07) is 4.20. The maximum absolute atomic E-state index is 5.61. The molecule has 0 aromatic heterocycles. The maximum Gasteiger partial charge on any atom is 0.161 e. The van der Waals surface area contributed by atoms with Crippen molar-refractivity contribution in [1.82, 2.24) is 0 Å². The molecule has 0 heterocycles. The normalized spacial score (nSPS) is 14.9. The van der Waals surface area contributed by atoms with Gasteiger partial charge in [-0.05, 0) is 55.0 Å². The molecule has 0 unspecified atom stereocenters. The number of hydrogen-bond donors (Lipinski definition) is 1. The summed E-state index contributed by atoms with van der Waals surface area (Å²) in [5.41, 5.74) is 8.38. The lowest BCUT2D eigenvalue weighted by atomic mass is 10.0. The quantitative estimate of drug-likeness (QED) is 0.842. The first-order chi connectivity index (χ1) is 7.78. The second kappa shape index (κ2) is 4.74. The van der Waals surface area contributed by atoms with Gasteiger partial charge in [0.05, 0.1) is 14.2 Å². The van der Waals surface area contributed by atoms with Crippen LogP contribution in [0.25, 0.3) is 0 Å². The highest BCUT2D eigenvalue weighted by Crippen LogP contribution is 2.37. The Morgan fingerprint density at radius 1 is 1.12 bits per heavy atom. The third-order valence-corrected chi connectivity index (χ3v) is 3.30. The molecule has 3 heteroatoms. The van der Waals surface area contributed by atoms with E-state index in [-0.39, 0.29) is 0 Å². The summed E-state index contributed by atoms with van der Waals surface area (Å²) in [6.07, 6.45) is 3.33. The van der Waals surface area contributed by atoms with Gasteiger partial charge in [-0.3, -0.25) is 0 Å². The zero-order valence-corrected chi connectivity index (χ0v) is 9.95. The van der Waals surface area contributed by atoms with E-state index in [0.717, 1.165) is 37.3 Å². The maximum atomic E-state index is 5.61. The summed E-state index contributed by atoms with van der Waals surface area (Å²) in [6.45, 7) is 0.771. The largest absolute Gasteiger partial charge is 0.493 e. The van der Waals surface area contributed by atoms with Crippen LogP contribution in [0.2, 0.25) is 0 Å². The molecule has 1 aromatic carbocycles. The molecule has 0 amide bonds. The fraction of sp³-hybridized carbons (Fsp3) is 0.538. The van der Waals surface area contributed by atoms with Crippen LogP contribution >= 0.6 is 0 Å². The van der Waals surface area contributed by atoms with Gasteiger partial charge in [0.25, 0.3) is 0 Å². The molecule has 1 aliphatic rings. The molecule has 0 bridgehead atoms. The lowest BCUT2D eigenvalue weighted by Gasteiger charge is -2.09. The van der Waals surface area contributed by atoms with Gasteiger partial charge in [0.15, 0.2) is 11.5 Å². The molecule has 1 aromatic rings. The summed E-state index contributed by atoms with van der Waals surface area (Å²) >= 11 is 0. The zero-order chi connectivity index (χ0) is 11.5. The Hall–Kier alpha value is -1.22. The van der Waals surface area contributed by atoms with Gasteiger partial charge in [-0.1, -0.05) is 0 Å². The molecule has 16 heavy (non-hydrogen) atoms. The molecule has 0 saturated carbocycles. The van der Waals surface area contributed by atoms with Crippen molar-refractivity contribution < 1.29 is 9.47 Å². The third-order valence-electron chi connectivity index (χ3n) is 3.30. The first-order valence-corrected chi connectivity index (χ1v) is 5.72. The summed E-state index contributed by atoms with van der Waals surface area (Å²) in [4.78, 5) is 0. The number of nitrogens with two attached hydrogens (primary N) is 1. The van der Waals surface area contributed by atoms with E-state index in [4.69, 9.17) is 15.2 Å². The Balaban J connectivity index is 2.25. The molecular formula is C13H19NO2. The van der Waals surface area contributed by atoms with Crippen LogP contribution in [0.1, 0.15) is 17.5 Å². The van der Waals surface area contributed by atoms with Crippen LogP contribution in [0.15, 0.2) is 12.1 Å². The smallest absolute Gasteiger partial charge is 0.161 e. The Morgan fingerprint density at radius 2 is 1.62 bits per heavy atom. The van der Waals surface area contributed by atoms with Crippen LogP contribution in [0.4, 0.5) is 0 Å². The number of hydrogen-bond acceptors (Lipinski definition) is 3. The van der Waals surface area contributed by atoms with Gasteiger partial charge >= 0.3 is 0 Å². The lowest BCUT2D eigenvalue weighted by Crippen LogP contribution is -2.08. The first-order valence-electron chi connectivity index (χ1n) is 5.72. The number of ether oxygens (including phenoxy) is 2. The van der Waals surface area contributed by atoms with E-state index in [0.29, 0.717) is 5.92 Å². The Morgan fingerprint density at radius 3 is 2.00 bits per heavy atom. The highest BCUT2D eigenvalue weighted by Gasteiger charge is 2.23. The average Bonchev–Trinajstić information content (AvgIpc) is 2.68. The van der Waals surface area contributed by atoms with E-state index >= 15 is 0 Å². The molecule has 0 fully saturated rings. The van der Waals surface area contributed by atoms with Gasteiger partial charge in [0, 0.05) is 0 Å². The van der Waals surface area contributed by atoms with Gasteiger partial charge < -0.3 is 15.2 Å². The SMILES string of the molecule is COc1cc2c(cc1OC)CC(CCN)C2. The third kappa shape index (κ3) is 2.00. The van der Waals surface area contributed by atoms with Crippen LogP contribution in [0.3, 0.4) is 0 Å². The minimum Gasteiger partial charge on any atom is -0.493 e. The van der Waals surface area contributed by atoms with Crippen LogP contribution in [0, 0.1) is 5.92 Å². The van der Waals surface area contributed by atoms with E-state index in [1.54, 1.807) is 14.2 Å². The Labute approximate surface area is 96.5 Å². The van der Waals surface area contributed by atoms with Crippen LogP contribution in [-0.4, -0.2) is 20.8 Å². The molecule has 0 saturated heterocycles. The zero-order valence-electron chi connectivity index (χ0n) is 9.95. The predicted octanol–water partition coefficient (Wildman–Crippen LogP) is 1.77. The highest BCUT2D eigenvalue weighted by atomic mass is 16.5. The van der Waals surface area contributed by atoms with Gasteiger partial charge in [-0.25, -0.2) is 0 Å². The van der Waals surface area contributed by atoms with Crippen molar-refractivity contribution in [3.8, 4) is 11.5 Å². The molecule has 88 valence electrons. The predicted molar refractivity (Wildman–Crippen MR) is 64.1 cm³/mol. The topological polar surface area (TPSA) is 44.5 Å². The van der Waals surface area contributed by atoms with Gasteiger partial charge in [0.2, 0.25) is 0 Å². The Bertz CT molecular complexity index is 343. The number of methoxy groups -OCH3 is 2. The minimum absolute atomic E-state index is 0.691. The molecule has 0 atom stereocenters. The second-order valence-corrected chi connectivity index (χ2v) is 4.33. The fourth-order valence-electron chi connectivity index (χ4n) is 2.48. The van der Waals surface area contributed by atoms with E-state index in [1.165, 1.54) is 11.1 Å². The summed E-state index contributed by atoms with van der Waals surface area (Å²) < 4.78 is 10.6. The van der Waals surface area contributed by atoms with E-state index < -0.39 is 0 Å². The van der Waals surface area contributed by atoms with E-state index in [2.05, 4.69) is 12.1 Å². The Kier molecular flexibility index (Phi) is 3.34. The average molecular weight is 221 g/mol. The monoisotopic (exact) mass is 221 g/mol. The molecule has 1 aliphatic carbocycles. The molecule has 2 rings (SSSR count). The van der Waals surface area contributed by atoms with Crippen molar-refractivity contribution in [2.24, 2.45) is 11.7 Å². The van der Waals surface area contributed by atoms with Gasteiger partial charge in [-0.2, -0.15) is 0 Å². The first kappa shape index (κ1) is 11.3. The summed E-state index contributed by atoms with van der Waals surface area (Å²) in [5, 5.41) is 0. The van der Waals surface area contributed by atoms with Gasteiger partial charge in [-0.15, -0.1) is 0 Å². The van der Waals surface area contributed by atoms with Gasteiger partial charge in [0.1, 0.15) is 0 Å². The molecule has 3 nitrogen and oxygen atoms in total. The molecule has 0 spiro atoms. The summed E-state index contributed by atoms with van der Waals surface area (Å²) in [5.74, 6) is 2.35. The lowest BCUT2D eigenvalue weighted by molar-refractivity contribution is 0.354. The number of benzene rings is 1. The van der Waals surface area contributed by atoms with Crippen molar-refractivity contribution in [2.45, 2.75) is 19.3 Å². The van der Waals surface area contributed by atoms with Crippen molar-refractivity contribution in [3.63, 3.8) is 0 Å². The minimum atomic E-state index is 0.691. The number of rotatable bonds is 4. The fourth-order valence-corrected chi connectivity index (χ4v) is 2.48. The highest BCUT2D eigenvalue weighted by molar-refractivity contribution is 5.49. The standard InChI is InChI=1S/C13H19NO2/c1-15-12-7-10-5-9(3-4-14)6-11(10)8-13(12)16-2/h7-9H,3-6,14H2,1-2H3. The van der Waals surface area contributed by atoms with Crippen molar-refractivity contribution in [1.29, 1.82) is 0 Å². The number of fused-ring (bicyclic) bond motifs is 1. The van der Waals surface area contributed by atoms with Crippen molar-refractivity contribution in [3.05, 3.63) is 23.3 Å². The molecule has 2 N–H and O–H groups in total. The van der Waals surface area contributed by atoms with Crippen molar-refractivity contribution in [2.75, 3.05) is 20.8 Å². The summed E-state index contributed by atoms with van der Waals surface area (Å²) in [7, 11) is 3.35. The molecule has 0 radical (unpaired) electrons. The second-order valence-electron chi connectivity index (χ2n) is 4.33. The van der Waals surface area contributed by atoms with E-state index in [9.17, 15) is 0 Å². The van der Waals surface area contributed by atoms with Crippen LogP contribution < -0.4 is 15.2 Å². The van der Waals surface area contributed by atoms with Crippen molar-refractivity contribution >= 4 is 0 Å². The van der Waals surface area contributed by atoms with Crippen LogP contribution in [-0.2, 0) is 12.8 Å². The molecular weight excluding hydrogens is 202 g/mol. The van der Waals surface area contributed by atoms with E-state index in [1.807, 2.05) is 0 Å².